The fourth-order valence-corrected chi connectivity index (χ4v) is 2.98. The second kappa shape index (κ2) is 8.65. The highest BCUT2D eigenvalue weighted by Crippen LogP contribution is 2.22. The van der Waals surface area contributed by atoms with Crippen molar-refractivity contribution in [1.82, 2.24) is 0 Å². The SMILES string of the molecule is CCc1cccc(C)c1NC(=O)CCN(C(C)=O)c1ccc(C)c(C)c1. The van der Waals surface area contributed by atoms with E-state index in [1.165, 1.54) is 12.5 Å². The largest absolute Gasteiger partial charge is 0.326 e. The highest BCUT2D eigenvalue weighted by Gasteiger charge is 2.15. The van der Waals surface area contributed by atoms with Gasteiger partial charge in [-0.2, -0.15) is 0 Å². The van der Waals surface area contributed by atoms with Gasteiger partial charge in [-0.25, -0.2) is 0 Å². The fourth-order valence-electron chi connectivity index (χ4n) is 2.98. The molecule has 26 heavy (non-hydrogen) atoms. The molecule has 138 valence electrons. The van der Waals surface area contributed by atoms with E-state index in [4.69, 9.17) is 0 Å². The first-order valence-corrected chi connectivity index (χ1v) is 9.07. The van der Waals surface area contributed by atoms with E-state index < -0.39 is 0 Å². The highest BCUT2D eigenvalue weighted by atomic mass is 16.2. The van der Waals surface area contributed by atoms with Gasteiger partial charge in [-0.15, -0.1) is 0 Å². The Labute approximate surface area is 156 Å². The van der Waals surface area contributed by atoms with Gasteiger partial charge in [0.2, 0.25) is 11.8 Å². The van der Waals surface area contributed by atoms with Crippen molar-refractivity contribution in [2.24, 2.45) is 0 Å². The Kier molecular flexibility index (Phi) is 6.56. The molecule has 0 bridgehead atoms. The van der Waals surface area contributed by atoms with Gasteiger partial charge in [0.1, 0.15) is 0 Å². The zero-order valence-electron chi connectivity index (χ0n) is 16.3. The number of para-hydroxylation sites is 1. The molecule has 0 saturated carbocycles. The predicted octanol–water partition coefficient (Wildman–Crippen LogP) is 4.56. The Bertz CT molecular complexity index is 812. The van der Waals surface area contributed by atoms with Crippen LogP contribution >= 0.6 is 0 Å². The van der Waals surface area contributed by atoms with E-state index in [1.54, 1.807) is 4.90 Å². The Morgan fingerprint density at radius 3 is 2.35 bits per heavy atom. The molecule has 0 unspecified atom stereocenters. The molecule has 2 aromatic rings. The lowest BCUT2D eigenvalue weighted by Gasteiger charge is -2.22. The summed E-state index contributed by atoms with van der Waals surface area (Å²) < 4.78 is 0. The van der Waals surface area contributed by atoms with Gasteiger partial charge in [0, 0.05) is 31.3 Å². The summed E-state index contributed by atoms with van der Waals surface area (Å²) in [4.78, 5) is 26.2. The van der Waals surface area contributed by atoms with Crippen molar-refractivity contribution in [2.75, 3.05) is 16.8 Å². The van der Waals surface area contributed by atoms with Gasteiger partial charge in [-0.05, 0) is 61.6 Å². The van der Waals surface area contributed by atoms with Crippen molar-refractivity contribution in [1.29, 1.82) is 0 Å². The number of nitrogens with one attached hydrogen (secondary N) is 1. The summed E-state index contributed by atoms with van der Waals surface area (Å²) in [6, 6.07) is 11.9. The van der Waals surface area contributed by atoms with Crippen LogP contribution in [0.1, 0.15) is 42.5 Å². The summed E-state index contributed by atoms with van der Waals surface area (Å²) in [5, 5.41) is 3.02. The minimum Gasteiger partial charge on any atom is -0.326 e. The van der Waals surface area contributed by atoms with Crippen LogP contribution in [-0.4, -0.2) is 18.4 Å². The molecular weight excluding hydrogens is 324 g/mol. The summed E-state index contributed by atoms with van der Waals surface area (Å²) >= 11 is 0. The van der Waals surface area contributed by atoms with Crippen LogP contribution < -0.4 is 10.2 Å². The number of nitrogens with zero attached hydrogens (tertiary/aromatic N) is 1. The predicted molar refractivity (Wildman–Crippen MR) is 108 cm³/mol. The molecule has 2 aromatic carbocycles. The van der Waals surface area contributed by atoms with E-state index in [-0.39, 0.29) is 18.2 Å². The van der Waals surface area contributed by atoms with Crippen LogP contribution in [0.15, 0.2) is 36.4 Å². The standard InChI is InChI=1S/C22H28N2O2/c1-6-19-9-7-8-16(3)22(19)23-21(26)12-13-24(18(5)25)20-11-10-15(2)17(4)14-20/h7-11,14H,6,12-13H2,1-5H3,(H,23,26). The van der Waals surface area contributed by atoms with E-state index in [1.807, 2.05) is 57.2 Å². The van der Waals surface area contributed by atoms with Crippen LogP contribution in [0.2, 0.25) is 0 Å². The highest BCUT2D eigenvalue weighted by molar-refractivity contribution is 5.95. The number of hydrogen-bond acceptors (Lipinski definition) is 2. The maximum absolute atomic E-state index is 12.5. The van der Waals surface area contributed by atoms with Gasteiger partial charge >= 0.3 is 0 Å². The smallest absolute Gasteiger partial charge is 0.226 e. The molecule has 0 atom stereocenters. The van der Waals surface area contributed by atoms with E-state index in [9.17, 15) is 9.59 Å². The number of carbonyl (C=O) groups excluding carboxylic acids is 2. The Morgan fingerprint density at radius 2 is 1.73 bits per heavy atom. The molecule has 4 heteroatoms. The monoisotopic (exact) mass is 352 g/mol. The minimum atomic E-state index is -0.0796. The summed E-state index contributed by atoms with van der Waals surface area (Å²) in [6.07, 6.45) is 1.11. The third kappa shape index (κ3) is 4.72. The van der Waals surface area contributed by atoms with Gasteiger partial charge in [0.25, 0.3) is 0 Å². The van der Waals surface area contributed by atoms with E-state index in [0.29, 0.717) is 6.54 Å². The average Bonchev–Trinajstić information content (AvgIpc) is 2.59. The van der Waals surface area contributed by atoms with Crippen LogP contribution in [0.3, 0.4) is 0 Å². The minimum absolute atomic E-state index is 0.0637. The molecule has 2 rings (SSSR count). The van der Waals surface area contributed by atoms with Crippen LogP contribution in [0, 0.1) is 20.8 Å². The summed E-state index contributed by atoms with van der Waals surface area (Å²) in [5.41, 5.74) is 6.21. The lowest BCUT2D eigenvalue weighted by Crippen LogP contribution is -2.32. The molecule has 0 saturated heterocycles. The molecule has 0 heterocycles. The number of amides is 2. The van der Waals surface area contributed by atoms with Gasteiger partial charge in [0.15, 0.2) is 0 Å². The topological polar surface area (TPSA) is 49.4 Å². The normalized spacial score (nSPS) is 10.5. The fraction of sp³-hybridized carbons (Fsp3) is 0.364. The van der Waals surface area contributed by atoms with Crippen LogP contribution in [0.5, 0.6) is 0 Å². The summed E-state index contributed by atoms with van der Waals surface area (Å²) in [7, 11) is 0. The molecule has 0 spiro atoms. The maximum Gasteiger partial charge on any atom is 0.226 e. The third-order valence-corrected chi connectivity index (χ3v) is 4.75. The Morgan fingerprint density at radius 1 is 1.00 bits per heavy atom. The second-order valence-electron chi connectivity index (χ2n) is 6.70. The molecule has 0 radical (unpaired) electrons. The van der Waals surface area contributed by atoms with E-state index in [0.717, 1.165) is 34.5 Å². The second-order valence-corrected chi connectivity index (χ2v) is 6.70. The van der Waals surface area contributed by atoms with Crippen LogP contribution in [0.4, 0.5) is 11.4 Å². The molecule has 1 N–H and O–H groups in total. The number of benzene rings is 2. The maximum atomic E-state index is 12.5. The lowest BCUT2D eigenvalue weighted by atomic mass is 10.1. The van der Waals surface area contributed by atoms with E-state index >= 15 is 0 Å². The van der Waals surface area contributed by atoms with Crippen LogP contribution in [-0.2, 0) is 16.0 Å². The van der Waals surface area contributed by atoms with Crippen molar-refractivity contribution in [3.63, 3.8) is 0 Å². The van der Waals surface area contributed by atoms with Gasteiger partial charge < -0.3 is 10.2 Å². The number of aryl methyl sites for hydroxylation is 4. The van der Waals surface area contributed by atoms with Gasteiger partial charge in [-0.3, -0.25) is 9.59 Å². The number of carbonyl (C=O) groups is 2. The van der Waals surface area contributed by atoms with Crippen LogP contribution in [0.25, 0.3) is 0 Å². The van der Waals surface area contributed by atoms with Gasteiger partial charge in [0.05, 0.1) is 0 Å². The molecule has 2 amide bonds. The van der Waals surface area contributed by atoms with Crippen molar-refractivity contribution < 1.29 is 9.59 Å². The summed E-state index contributed by atoms with van der Waals surface area (Å²) in [5.74, 6) is -0.143. The van der Waals surface area contributed by atoms with Gasteiger partial charge in [-0.1, -0.05) is 31.2 Å². The lowest BCUT2D eigenvalue weighted by molar-refractivity contribution is -0.117. The van der Waals surface area contributed by atoms with Crippen molar-refractivity contribution >= 4 is 23.2 Å². The van der Waals surface area contributed by atoms with Crippen molar-refractivity contribution in [2.45, 2.75) is 47.5 Å². The average molecular weight is 352 g/mol. The number of hydrogen-bond donors (Lipinski definition) is 1. The Hall–Kier alpha value is -2.62. The number of rotatable bonds is 6. The quantitative estimate of drug-likeness (QED) is 0.829. The molecule has 0 aliphatic heterocycles. The first-order valence-electron chi connectivity index (χ1n) is 9.07. The molecule has 0 aromatic heterocycles. The summed E-state index contributed by atoms with van der Waals surface area (Å²) in [6.45, 7) is 10.0. The van der Waals surface area contributed by atoms with E-state index in [2.05, 4.69) is 12.2 Å². The molecular formula is C22H28N2O2. The molecule has 4 nitrogen and oxygen atoms in total. The molecule has 0 aliphatic carbocycles. The van der Waals surface area contributed by atoms with Crippen molar-refractivity contribution in [3.05, 3.63) is 58.7 Å². The molecule has 0 fully saturated rings. The number of anilines is 2. The third-order valence-electron chi connectivity index (χ3n) is 4.75. The first kappa shape index (κ1) is 19.7. The Balaban J connectivity index is 2.09. The first-order chi connectivity index (χ1) is 12.3. The zero-order valence-corrected chi connectivity index (χ0v) is 16.3. The molecule has 0 aliphatic rings. The zero-order chi connectivity index (χ0) is 19.3. The van der Waals surface area contributed by atoms with Crippen molar-refractivity contribution in [3.8, 4) is 0 Å².